The van der Waals surface area contributed by atoms with Gasteiger partial charge in [-0.15, -0.1) is 0 Å². The summed E-state index contributed by atoms with van der Waals surface area (Å²) < 4.78 is 7.37. The van der Waals surface area contributed by atoms with Crippen molar-refractivity contribution in [2.45, 2.75) is 26.9 Å². The van der Waals surface area contributed by atoms with Crippen LogP contribution in [0.4, 0.5) is 0 Å². The number of amides is 2. The van der Waals surface area contributed by atoms with Crippen LogP contribution in [0.2, 0.25) is 0 Å². The molecule has 1 aromatic heterocycles. The number of carbonyl (C=O) groups is 2. The van der Waals surface area contributed by atoms with E-state index in [9.17, 15) is 9.59 Å². The fourth-order valence-corrected chi connectivity index (χ4v) is 3.58. The van der Waals surface area contributed by atoms with Crippen molar-refractivity contribution in [3.05, 3.63) is 59.4 Å². The average molecular weight is 392 g/mol. The van der Waals surface area contributed by atoms with Crippen molar-refractivity contribution >= 4 is 22.8 Å². The van der Waals surface area contributed by atoms with E-state index in [0.717, 1.165) is 16.8 Å². The summed E-state index contributed by atoms with van der Waals surface area (Å²) in [6.45, 7) is 7.01. The molecule has 0 saturated carbocycles. The Morgan fingerprint density at radius 1 is 1.14 bits per heavy atom. The maximum atomic E-state index is 12.6. The number of hydrogen-bond donors (Lipinski definition) is 1. The molecule has 0 atom stereocenters. The van der Waals surface area contributed by atoms with E-state index < -0.39 is 0 Å². The Morgan fingerprint density at radius 2 is 1.93 bits per heavy atom. The van der Waals surface area contributed by atoms with Crippen LogP contribution in [0.3, 0.4) is 0 Å². The highest BCUT2D eigenvalue weighted by molar-refractivity contribution is 5.99. The number of likely N-dealkylation sites (N-methyl/N-ethyl adjacent to an activating group) is 1. The van der Waals surface area contributed by atoms with E-state index in [2.05, 4.69) is 10.3 Å². The van der Waals surface area contributed by atoms with E-state index in [0.29, 0.717) is 49.7 Å². The Kier molecular flexibility index (Phi) is 5.20. The molecule has 2 aromatic carbocycles. The van der Waals surface area contributed by atoms with Crippen LogP contribution in [-0.2, 0) is 13.1 Å². The molecule has 0 fully saturated rings. The van der Waals surface area contributed by atoms with Crippen LogP contribution in [0.15, 0.2) is 42.5 Å². The van der Waals surface area contributed by atoms with Gasteiger partial charge in [-0.2, -0.15) is 0 Å². The van der Waals surface area contributed by atoms with Gasteiger partial charge in [0.25, 0.3) is 11.8 Å². The van der Waals surface area contributed by atoms with Crippen molar-refractivity contribution in [1.29, 1.82) is 0 Å². The largest absolute Gasteiger partial charge is 0.494 e. The summed E-state index contributed by atoms with van der Waals surface area (Å²) in [5.74, 6) is 1.03. The molecule has 1 aliphatic heterocycles. The van der Waals surface area contributed by atoms with Gasteiger partial charge in [-0.25, -0.2) is 4.98 Å². The third kappa shape index (κ3) is 3.68. The fourth-order valence-electron chi connectivity index (χ4n) is 3.58. The van der Waals surface area contributed by atoms with Crippen molar-refractivity contribution in [1.82, 2.24) is 19.8 Å². The first-order valence-electron chi connectivity index (χ1n) is 9.90. The minimum Gasteiger partial charge on any atom is -0.494 e. The van der Waals surface area contributed by atoms with E-state index in [1.807, 2.05) is 48.7 Å². The second-order valence-electron chi connectivity index (χ2n) is 6.94. The lowest BCUT2D eigenvalue weighted by Crippen LogP contribution is -2.40. The van der Waals surface area contributed by atoms with E-state index in [1.54, 1.807) is 17.0 Å². The van der Waals surface area contributed by atoms with Gasteiger partial charge in [0.05, 0.1) is 17.6 Å². The lowest BCUT2D eigenvalue weighted by Gasteiger charge is -2.26. The van der Waals surface area contributed by atoms with Gasteiger partial charge in [-0.3, -0.25) is 9.59 Å². The molecular formula is C22H24N4O3. The molecule has 0 bridgehead atoms. The molecule has 0 aliphatic carbocycles. The van der Waals surface area contributed by atoms with Crippen LogP contribution < -0.4 is 10.1 Å². The Morgan fingerprint density at radius 3 is 2.66 bits per heavy atom. The number of benzene rings is 2. The first-order valence-corrected chi connectivity index (χ1v) is 9.90. The molecular weight excluding hydrogens is 368 g/mol. The molecule has 2 heterocycles. The molecule has 2 amide bonds. The summed E-state index contributed by atoms with van der Waals surface area (Å²) in [4.78, 5) is 31.4. The molecule has 3 aromatic rings. The zero-order valence-corrected chi connectivity index (χ0v) is 16.6. The van der Waals surface area contributed by atoms with Crippen LogP contribution >= 0.6 is 0 Å². The summed E-state index contributed by atoms with van der Waals surface area (Å²) in [6, 6.07) is 13.0. The number of hydrogen-bond acceptors (Lipinski definition) is 4. The number of fused-ring (bicyclic) bond motifs is 3. The molecule has 1 N–H and O–H groups in total. The van der Waals surface area contributed by atoms with Gasteiger partial charge in [0.2, 0.25) is 0 Å². The van der Waals surface area contributed by atoms with Gasteiger partial charge in [-0.1, -0.05) is 12.1 Å². The number of carbonyl (C=O) groups excluding carboxylic acids is 2. The van der Waals surface area contributed by atoms with Gasteiger partial charge in [0, 0.05) is 31.7 Å². The first-order chi connectivity index (χ1) is 14.1. The summed E-state index contributed by atoms with van der Waals surface area (Å²) >= 11 is 0. The minimum absolute atomic E-state index is 0.0588. The van der Waals surface area contributed by atoms with E-state index in [4.69, 9.17) is 4.74 Å². The summed E-state index contributed by atoms with van der Waals surface area (Å²) in [6.07, 6.45) is 0. The van der Waals surface area contributed by atoms with Crippen molar-refractivity contribution in [2.24, 2.45) is 0 Å². The Bertz CT molecular complexity index is 1060. The van der Waals surface area contributed by atoms with Gasteiger partial charge in [-0.05, 0) is 49.7 Å². The van der Waals surface area contributed by atoms with Crippen LogP contribution in [0, 0.1) is 0 Å². The summed E-state index contributed by atoms with van der Waals surface area (Å²) in [5, 5.41) is 2.93. The molecule has 1 aliphatic rings. The number of nitrogens with zero attached hydrogens (tertiary/aromatic N) is 3. The van der Waals surface area contributed by atoms with Gasteiger partial charge in [0.1, 0.15) is 5.75 Å². The second kappa shape index (κ2) is 7.95. The monoisotopic (exact) mass is 392 g/mol. The minimum atomic E-state index is -0.173. The van der Waals surface area contributed by atoms with Crippen LogP contribution in [-0.4, -0.2) is 46.0 Å². The number of aromatic nitrogens is 2. The second-order valence-corrected chi connectivity index (χ2v) is 6.94. The van der Waals surface area contributed by atoms with Gasteiger partial charge in [0.15, 0.2) is 5.82 Å². The van der Waals surface area contributed by atoms with Crippen molar-refractivity contribution in [3.63, 3.8) is 0 Å². The molecule has 0 saturated heterocycles. The standard InChI is InChI=1S/C22H24N4O3/c1-3-25-11-12-26-19-10-7-16(13-18(19)24-20(26)22(25)28)21(27)23-14-15-5-8-17(9-6-15)29-4-2/h5-10,13H,3-4,11-12,14H2,1-2H3,(H,23,27). The Balaban J connectivity index is 1.49. The normalized spacial score (nSPS) is 13.4. The third-order valence-electron chi connectivity index (χ3n) is 5.15. The molecule has 7 nitrogen and oxygen atoms in total. The molecule has 0 spiro atoms. The van der Waals surface area contributed by atoms with Crippen LogP contribution in [0.5, 0.6) is 5.75 Å². The SMILES string of the molecule is CCOc1ccc(CNC(=O)c2ccc3c(c2)nc2n3CCN(CC)C2=O)cc1. The molecule has 4 rings (SSSR count). The predicted octanol–water partition coefficient (Wildman–Crippen LogP) is 2.84. The highest BCUT2D eigenvalue weighted by Gasteiger charge is 2.27. The van der Waals surface area contributed by atoms with Crippen LogP contribution in [0.25, 0.3) is 11.0 Å². The lowest BCUT2D eigenvalue weighted by molar-refractivity contribution is 0.0709. The maximum Gasteiger partial charge on any atom is 0.289 e. The molecule has 0 unspecified atom stereocenters. The number of imidazole rings is 1. The predicted molar refractivity (Wildman–Crippen MR) is 110 cm³/mol. The highest BCUT2D eigenvalue weighted by Crippen LogP contribution is 2.22. The van der Waals surface area contributed by atoms with Gasteiger partial charge >= 0.3 is 0 Å². The zero-order chi connectivity index (χ0) is 20.4. The lowest BCUT2D eigenvalue weighted by atomic mass is 10.1. The van der Waals surface area contributed by atoms with E-state index in [-0.39, 0.29) is 11.8 Å². The number of ether oxygens (including phenoxy) is 1. The highest BCUT2D eigenvalue weighted by atomic mass is 16.5. The zero-order valence-electron chi connectivity index (χ0n) is 16.6. The number of rotatable bonds is 6. The van der Waals surface area contributed by atoms with Crippen LogP contribution in [0.1, 0.15) is 40.4 Å². The Labute approximate surface area is 169 Å². The fraction of sp³-hybridized carbons (Fsp3) is 0.318. The smallest absolute Gasteiger partial charge is 0.289 e. The quantitative estimate of drug-likeness (QED) is 0.700. The topological polar surface area (TPSA) is 76.5 Å². The molecule has 7 heteroatoms. The first kappa shape index (κ1) is 19.0. The van der Waals surface area contributed by atoms with Crippen molar-refractivity contribution < 1.29 is 14.3 Å². The summed E-state index contributed by atoms with van der Waals surface area (Å²) in [5.41, 5.74) is 3.07. The van der Waals surface area contributed by atoms with Crippen molar-refractivity contribution in [2.75, 3.05) is 19.7 Å². The third-order valence-corrected chi connectivity index (χ3v) is 5.15. The summed E-state index contributed by atoms with van der Waals surface area (Å²) in [7, 11) is 0. The maximum absolute atomic E-state index is 12.6. The van der Waals surface area contributed by atoms with E-state index >= 15 is 0 Å². The molecule has 150 valence electrons. The van der Waals surface area contributed by atoms with Gasteiger partial charge < -0.3 is 19.5 Å². The van der Waals surface area contributed by atoms with E-state index in [1.165, 1.54) is 0 Å². The molecule has 29 heavy (non-hydrogen) atoms. The average Bonchev–Trinajstić information content (AvgIpc) is 3.12. The number of nitrogens with one attached hydrogen (secondary N) is 1. The Hall–Kier alpha value is -3.35. The van der Waals surface area contributed by atoms with Crippen molar-refractivity contribution in [3.8, 4) is 5.75 Å². The molecule has 0 radical (unpaired) electrons.